The lowest BCUT2D eigenvalue weighted by Gasteiger charge is -2.23. The maximum Gasteiger partial charge on any atom is 0.296 e. The van der Waals surface area contributed by atoms with Gasteiger partial charge in [-0.3, -0.25) is 20.2 Å². The average molecular weight is 489 g/mol. The van der Waals surface area contributed by atoms with E-state index in [1.54, 1.807) is 12.1 Å². The van der Waals surface area contributed by atoms with Crippen molar-refractivity contribution >= 4 is 21.4 Å². The number of nitro groups is 2. The number of rotatable bonds is 11. The lowest BCUT2D eigenvalue weighted by molar-refractivity contribution is -0.396. The molecule has 12 heteroatoms. The third-order valence-corrected chi connectivity index (χ3v) is 7.14. The van der Waals surface area contributed by atoms with Gasteiger partial charge in [-0.1, -0.05) is 29.8 Å². The molecular formula is C22H24N4O7S. The molecule has 0 atom stereocenters. The van der Waals surface area contributed by atoms with Gasteiger partial charge >= 0.3 is 0 Å². The van der Waals surface area contributed by atoms with Crippen molar-refractivity contribution in [3.8, 4) is 0 Å². The first-order valence-electron chi connectivity index (χ1n) is 10.2. The summed E-state index contributed by atoms with van der Waals surface area (Å²) < 4.78 is 34.9. The Morgan fingerprint density at radius 3 is 2.35 bits per heavy atom. The molecule has 0 aliphatic carbocycles. The number of methoxy groups -OCH3 is 1. The molecule has 0 bridgehead atoms. The third-order valence-electron chi connectivity index (χ3n) is 5.25. The maximum atomic E-state index is 13.5. The highest BCUT2D eigenvalue weighted by molar-refractivity contribution is 7.89. The van der Waals surface area contributed by atoms with E-state index in [4.69, 9.17) is 4.74 Å². The molecule has 34 heavy (non-hydrogen) atoms. The summed E-state index contributed by atoms with van der Waals surface area (Å²) in [6.07, 6.45) is 1.82. The van der Waals surface area contributed by atoms with Gasteiger partial charge in [0.25, 0.3) is 11.4 Å². The number of nitrogens with zero attached hydrogens (tertiary/aromatic N) is 4. The van der Waals surface area contributed by atoms with Crippen LogP contribution in [0, 0.1) is 27.2 Å². The van der Waals surface area contributed by atoms with Crippen molar-refractivity contribution in [1.29, 1.82) is 0 Å². The van der Waals surface area contributed by atoms with Crippen LogP contribution in [0.15, 0.2) is 65.7 Å². The largest absolute Gasteiger partial charge is 0.383 e. The zero-order chi connectivity index (χ0) is 24.9. The molecule has 11 nitrogen and oxygen atoms in total. The van der Waals surface area contributed by atoms with Gasteiger partial charge in [-0.05, 0) is 30.7 Å². The summed E-state index contributed by atoms with van der Waals surface area (Å²) in [4.78, 5) is 20.2. The van der Waals surface area contributed by atoms with E-state index in [0.29, 0.717) is 18.3 Å². The van der Waals surface area contributed by atoms with E-state index in [-0.39, 0.29) is 19.7 Å². The first-order valence-corrected chi connectivity index (χ1v) is 11.7. The third kappa shape index (κ3) is 5.65. The molecule has 0 saturated carbocycles. The Kier molecular flexibility index (Phi) is 7.76. The molecule has 0 radical (unpaired) electrons. The van der Waals surface area contributed by atoms with Crippen LogP contribution in [0.3, 0.4) is 0 Å². The van der Waals surface area contributed by atoms with E-state index in [1.807, 2.05) is 42.0 Å². The second-order valence-corrected chi connectivity index (χ2v) is 9.52. The molecule has 0 aliphatic rings. The Morgan fingerprint density at radius 1 is 1.03 bits per heavy atom. The van der Waals surface area contributed by atoms with Crippen molar-refractivity contribution in [3.63, 3.8) is 0 Å². The van der Waals surface area contributed by atoms with Crippen molar-refractivity contribution in [3.05, 3.63) is 97.8 Å². The van der Waals surface area contributed by atoms with E-state index >= 15 is 0 Å². The van der Waals surface area contributed by atoms with E-state index in [9.17, 15) is 28.6 Å². The number of sulfonamides is 1. The first-order chi connectivity index (χ1) is 16.1. The van der Waals surface area contributed by atoms with Gasteiger partial charge in [0, 0.05) is 38.2 Å². The number of aromatic nitrogens is 1. The summed E-state index contributed by atoms with van der Waals surface area (Å²) in [7, 11) is -2.97. The van der Waals surface area contributed by atoms with Gasteiger partial charge in [0.05, 0.1) is 29.1 Å². The van der Waals surface area contributed by atoms with Crippen LogP contribution in [0.2, 0.25) is 0 Å². The van der Waals surface area contributed by atoms with Crippen molar-refractivity contribution in [2.75, 3.05) is 20.3 Å². The SMILES string of the molecule is COCCN(Cc1cccn1Cc1ccc(C)cc1)S(=O)(=O)c1ccc([N+](=O)[O-])cc1[N+](=O)[O-]. The Bertz CT molecular complexity index is 1290. The van der Waals surface area contributed by atoms with Gasteiger partial charge in [-0.15, -0.1) is 0 Å². The molecule has 0 spiro atoms. The standard InChI is InChI=1S/C22H24N4O7S/c1-17-5-7-18(8-6-17)15-23-11-3-4-20(23)16-24(12-13-33-2)34(31,32)22-10-9-19(25(27)28)14-21(22)26(29)30/h3-11,14H,12-13,15-16H2,1-2H3. The minimum Gasteiger partial charge on any atom is -0.383 e. The number of hydrogen-bond acceptors (Lipinski definition) is 7. The molecule has 2 aromatic carbocycles. The van der Waals surface area contributed by atoms with Gasteiger partial charge < -0.3 is 9.30 Å². The van der Waals surface area contributed by atoms with Crippen LogP contribution in [0.1, 0.15) is 16.8 Å². The summed E-state index contributed by atoms with van der Waals surface area (Å²) in [6, 6.07) is 14.0. The molecule has 1 aromatic heterocycles. The van der Waals surface area contributed by atoms with Gasteiger partial charge in [-0.2, -0.15) is 4.31 Å². The highest BCUT2D eigenvalue weighted by atomic mass is 32.2. The smallest absolute Gasteiger partial charge is 0.296 e. The lowest BCUT2D eigenvalue weighted by atomic mass is 10.1. The maximum absolute atomic E-state index is 13.5. The molecule has 0 N–H and O–H groups in total. The summed E-state index contributed by atoms with van der Waals surface area (Å²) in [6.45, 7) is 2.42. The predicted molar refractivity (Wildman–Crippen MR) is 124 cm³/mol. The summed E-state index contributed by atoms with van der Waals surface area (Å²) in [5.41, 5.74) is 1.40. The lowest BCUT2D eigenvalue weighted by Crippen LogP contribution is -2.34. The molecule has 3 rings (SSSR count). The average Bonchev–Trinajstić information content (AvgIpc) is 3.23. The van der Waals surface area contributed by atoms with Crippen molar-refractivity contribution in [1.82, 2.24) is 8.87 Å². The van der Waals surface area contributed by atoms with Gasteiger partial charge in [-0.25, -0.2) is 8.42 Å². The number of non-ortho nitro benzene ring substituents is 1. The summed E-state index contributed by atoms with van der Waals surface area (Å²) in [5.74, 6) is 0. The molecular weight excluding hydrogens is 464 g/mol. The fraction of sp³-hybridized carbons (Fsp3) is 0.273. The minimum atomic E-state index is -4.39. The summed E-state index contributed by atoms with van der Waals surface area (Å²) in [5, 5.41) is 22.6. The topological polar surface area (TPSA) is 138 Å². The second-order valence-electron chi connectivity index (χ2n) is 7.61. The molecule has 3 aromatic rings. The molecule has 0 amide bonds. The van der Waals surface area contributed by atoms with Crippen LogP contribution in [0.5, 0.6) is 0 Å². The van der Waals surface area contributed by atoms with Crippen molar-refractivity contribution in [2.24, 2.45) is 0 Å². The molecule has 0 saturated heterocycles. The van der Waals surface area contributed by atoms with Crippen molar-refractivity contribution in [2.45, 2.75) is 24.9 Å². The molecule has 0 aliphatic heterocycles. The number of hydrogen-bond donors (Lipinski definition) is 0. The molecule has 180 valence electrons. The Morgan fingerprint density at radius 2 is 1.74 bits per heavy atom. The van der Waals surface area contributed by atoms with Crippen LogP contribution >= 0.6 is 0 Å². The van der Waals surface area contributed by atoms with E-state index in [0.717, 1.165) is 27.6 Å². The Hall–Kier alpha value is -3.61. The van der Waals surface area contributed by atoms with Crippen LogP contribution in [-0.2, 0) is 27.8 Å². The number of ether oxygens (including phenoxy) is 1. The minimum absolute atomic E-state index is 0.0542. The summed E-state index contributed by atoms with van der Waals surface area (Å²) >= 11 is 0. The van der Waals surface area contributed by atoms with Gasteiger partial charge in [0.1, 0.15) is 0 Å². The Labute approximate surface area is 196 Å². The Balaban J connectivity index is 1.97. The van der Waals surface area contributed by atoms with Crippen LogP contribution in [-0.4, -0.2) is 47.4 Å². The van der Waals surface area contributed by atoms with Gasteiger partial charge in [0.2, 0.25) is 10.0 Å². The molecule has 0 unspecified atom stereocenters. The van der Waals surface area contributed by atoms with E-state index in [2.05, 4.69) is 0 Å². The number of nitro benzene ring substituents is 2. The fourth-order valence-electron chi connectivity index (χ4n) is 3.41. The normalized spacial score (nSPS) is 11.6. The molecule has 0 fully saturated rings. The van der Waals surface area contributed by atoms with Gasteiger partial charge in [0.15, 0.2) is 4.90 Å². The molecule has 1 heterocycles. The zero-order valence-electron chi connectivity index (χ0n) is 18.7. The van der Waals surface area contributed by atoms with E-state index < -0.39 is 36.1 Å². The zero-order valence-corrected chi connectivity index (χ0v) is 19.5. The fourth-order valence-corrected chi connectivity index (χ4v) is 4.95. The van der Waals surface area contributed by atoms with E-state index in [1.165, 1.54) is 7.11 Å². The first kappa shape index (κ1) is 25.0. The highest BCUT2D eigenvalue weighted by Gasteiger charge is 2.33. The second kappa shape index (κ2) is 10.5. The van der Waals surface area contributed by atoms with Crippen LogP contribution < -0.4 is 0 Å². The number of benzene rings is 2. The predicted octanol–water partition coefficient (Wildman–Crippen LogP) is 3.50. The monoisotopic (exact) mass is 488 g/mol. The van der Waals surface area contributed by atoms with Crippen LogP contribution in [0.25, 0.3) is 0 Å². The van der Waals surface area contributed by atoms with Crippen LogP contribution in [0.4, 0.5) is 11.4 Å². The van der Waals surface area contributed by atoms with Crippen molar-refractivity contribution < 1.29 is 23.0 Å². The highest BCUT2D eigenvalue weighted by Crippen LogP contribution is 2.31. The quantitative estimate of drug-likeness (QED) is 0.297. The number of aryl methyl sites for hydroxylation is 1.